The third-order valence-electron chi connectivity index (χ3n) is 3.74. The quantitative estimate of drug-likeness (QED) is 0.821. The molecule has 96 valence electrons. The predicted octanol–water partition coefficient (Wildman–Crippen LogP) is 1.78. The number of nitrogens with one attached hydrogen (secondary N) is 1. The lowest BCUT2D eigenvalue weighted by atomic mass is 9.87. The molecule has 1 atom stereocenters. The van der Waals surface area contributed by atoms with Crippen LogP contribution in [0.3, 0.4) is 0 Å². The van der Waals surface area contributed by atoms with Crippen molar-refractivity contribution in [3.8, 4) is 0 Å². The fraction of sp³-hybridized carbons (Fsp3) is 0.769. The van der Waals surface area contributed by atoms with E-state index in [0.29, 0.717) is 5.92 Å². The second-order valence-corrected chi connectivity index (χ2v) is 5.59. The van der Waals surface area contributed by atoms with Gasteiger partial charge in [-0.25, -0.2) is 0 Å². The van der Waals surface area contributed by atoms with E-state index in [-0.39, 0.29) is 12.1 Å². The van der Waals surface area contributed by atoms with Gasteiger partial charge in [-0.2, -0.15) is 5.10 Å². The number of rotatable bonds is 5. The van der Waals surface area contributed by atoms with Crippen LogP contribution >= 0.6 is 0 Å². The van der Waals surface area contributed by atoms with Gasteiger partial charge in [0.25, 0.3) is 0 Å². The van der Waals surface area contributed by atoms with E-state index in [0.717, 1.165) is 31.6 Å². The van der Waals surface area contributed by atoms with Gasteiger partial charge in [0.2, 0.25) is 0 Å². The molecule has 1 aromatic heterocycles. The maximum Gasteiger partial charge on any atom is 0.0615 e. The normalized spacial score (nSPS) is 25.9. The lowest BCUT2D eigenvalue weighted by molar-refractivity contribution is 0.0401. The highest BCUT2D eigenvalue weighted by atomic mass is 16.3. The van der Waals surface area contributed by atoms with Gasteiger partial charge >= 0.3 is 0 Å². The summed E-state index contributed by atoms with van der Waals surface area (Å²) in [7, 11) is 0. The Kier molecular flexibility index (Phi) is 3.84. The molecule has 0 saturated carbocycles. The summed E-state index contributed by atoms with van der Waals surface area (Å²) in [6.07, 6.45) is 5.14. The number of nitrogens with zero attached hydrogens (tertiary/aromatic N) is 2. The van der Waals surface area contributed by atoms with Crippen LogP contribution in [0.25, 0.3) is 0 Å². The SMILES string of the molecule is CC(C)CC1(CO)CCCN1Cc1ccn[nH]1. The van der Waals surface area contributed by atoms with Crippen molar-refractivity contribution in [3.63, 3.8) is 0 Å². The minimum atomic E-state index is -0.0146. The summed E-state index contributed by atoms with van der Waals surface area (Å²) in [4.78, 5) is 2.42. The fourth-order valence-electron chi connectivity index (χ4n) is 3.05. The highest BCUT2D eigenvalue weighted by Gasteiger charge is 2.40. The maximum atomic E-state index is 9.80. The zero-order valence-corrected chi connectivity index (χ0v) is 10.8. The van der Waals surface area contributed by atoms with Crippen molar-refractivity contribution in [3.05, 3.63) is 18.0 Å². The van der Waals surface area contributed by atoms with Crippen LogP contribution in [0.5, 0.6) is 0 Å². The van der Waals surface area contributed by atoms with Gasteiger partial charge in [0.05, 0.1) is 6.61 Å². The van der Waals surface area contributed by atoms with Gasteiger partial charge in [0, 0.05) is 24.0 Å². The molecule has 1 aliphatic heterocycles. The van der Waals surface area contributed by atoms with Crippen molar-refractivity contribution in [1.29, 1.82) is 0 Å². The first-order chi connectivity index (χ1) is 8.16. The molecule has 0 spiro atoms. The molecular weight excluding hydrogens is 214 g/mol. The van der Waals surface area contributed by atoms with Crippen LogP contribution in [0.4, 0.5) is 0 Å². The van der Waals surface area contributed by atoms with Crippen molar-refractivity contribution in [2.24, 2.45) is 5.92 Å². The van der Waals surface area contributed by atoms with Crippen LogP contribution in [0, 0.1) is 5.92 Å². The summed E-state index contributed by atoms with van der Waals surface area (Å²) in [5.74, 6) is 0.615. The average molecular weight is 237 g/mol. The molecule has 4 heteroatoms. The van der Waals surface area contributed by atoms with Gasteiger partial charge in [-0.3, -0.25) is 10.00 Å². The number of likely N-dealkylation sites (tertiary alicyclic amines) is 1. The lowest BCUT2D eigenvalue weighted by Crippen LogP contribution is -2.47. The Morgan fingerprint density at radius 1 is 1.59 bits per heavy atom. The number of hydrogen-bond acceptors (Lipinski definition) is 3. The second kappa shape index (κ2) is 5.19. The van der Waals surface area contributed by atoms with E-state index in [1.165, 1.54) is 6.42 Å². The number of aliphatic hydroxyl groups is 1. The van der Waals surface area contributed by atoms with Crippen molar-refractivity contribution in [1.82, 2.24) is 15.1 Å². The molecule has 0 amide bonds. The van der Waals surface area contributed by atoms with Gasteiger partial charge in [-0.1, -0.05) is 13.8 Å². The first-order valence-corrected chi connectivity index (χ1v) is 6.50. The molecule has 2 rings (SSSR count). The van der Waals surface area contributed by atoms with Gasteiger partial charge in [0.1, 0.15) is 0 Å². The topological polar surface area (TPSA) is 52.1 Å². The van der Waals surface area contributed by atoms with E-state index in [9.17, 15) is 5.11 Å². The largest absolute Gasteiger partial charge is 0.394 e. The molecule has 2 heterocycles. The van der Waals surface area contributed by atoms with E-state index < -0.39 is 0 Å². The molecule has 0 aliphatic carbocycles. The van der Waals surface area contributed by atoms with Crippen LogP contribution in [-0.2, 0) is 6.54 Å². The van der Waals surface area contributed by atoms with E-state index in [1.54, 1.807) is 6.20 Å². The Morgan fingerprint density at radius 2 is 2.41 bits per heavy atom. The first kappa shape index (κ1) is 12.6. The van der Waals surface area contributed by atoms with Gasteiger partial charge in [-0.15, -0.1) is 0 Å². The summed E-state index contributed by atoms with van der Waals surface area (Å²) in [5, 5.41) is 16.8. The molecule has 1 saturated heterocycles. The number of aromatic nitrogens is 2. The van der Waals surface area contributed by atoms with Gasteiger partial charge in [-0.05, 0) is 37.8 Å². The zero-order valence-electron chi connectivity index (χ0n) is 10.8. The van der Waals surface area contributed by atoms with Crippen LogP contribution in [-0.4, -0.2) is 38.9 Å². The molecule has 1 unspecified atom stereocenters. The number of H-pyrrole nitrogens is 1. The summed E-state index contributed by atoms with van der Waals surface area (Å²) in [5.41, 5.74) is 1.12. The molecule has 0 radical (unpaired) electrons. The van der Waals surface area contributed by atoms with Crippen molar-refractivity contribution in [2.45, 2.75) is 45.2 Å². The summed E-state index contributed by atoms with van der Waals surface area (Å²) in [6.45, 7) is 6.66. The van der Waals surface area contributed by atoms with E-state index >= 15 is 0 Å². The number of hydrogen-bond donors (Lipinski definition) is 2. The Bertz CT molecular complexity index is 336. The molecule has 0 aromatic carbocycles. The summed E-state index contributed by atoms with van der Waals surface area (Å²) >= 11 is 0. The standard InChI is InChI=1S/C13H23N3O/c1-11(2)8-13(10-17)5-3-7-16(13)9-12-4-6-14-15-12/h4,6,11,17H,3,5,7-10H2,1-2H3,(H,14,15). The van der Waals surface area contributed by atoms with E-state index in [1.807, 2.05) is 6.07 Å². The van der Waals surface area contributed by atoms with Crippen LogP contribution in [0.2, 0.25) is 0 Å². The van der Waals surface area contributed by atoms with Crippen molar-refractivity contribution in [2.75, 3.05) is 13.2 Å². The summed E-state index contributed by atoms with van der Waals surface area (Å²) in [6, 6.07) is 2.01. The molecule has 1 aromatic rings. The Balaban J connectivity index is 2.08. The molecule has 4 nitrogen and oxygen atoms in total. The van der Waals surface area contributed by atoms with Gasteiger partial charge in [0.15, 0.2) is 0 Å². The smallest absolute Gasteiger partial charge is 0.0615 e. The van der Waals surface area contributed by atoms with Crippen molar-refractivity contribution < 1.29 is 5.11 Å². The zero-order chi connectivity index (χ0) is 12.3. The molecule has 1 fully saturated rings. The molecule has 2 N–H and O–H groups in total. The maximum absolute atomic E-state index is 9.80. The monoisotopic (exact) mass is 237 g/mol. The highest BCUT2D eigenvalue weighted by Crippen LogP contribution is 2.35. The highest BCUT2D eigenvalue weighted by molar-refractivity contribution is 5.03. The molecule has 0 bridgehead atoms. The van der Waals surface area contributed by atoms with Gasteiger partial charge < -0.3 is 5.11 Å². The minimum Gasteiger partial charge on any atom is -0.394 e. The molecular formula is C13H23N3O. The number of aliphatic hydroxyl groups excluding tert-OH is 1. The third-order valence-corrected chi connectivity index (χ3v) is 3.74. The van der Waals surface area contributed by atoms with E-state index in [4.69, 9.17) is 0 Å². The average Bonchev–Trinajstić information content (AvgIpc) is 2.90. The molecule has 1 aliphatic rings. The Morgan fingerprint density at radius 3 is 3.00 bits per heavy atom. The van der Waals surface area contributed by atoms with Crippen LogP contribution in [0.1, 0.15) is 38.8 Å². The minimum absolute atomic E-state index is 0.0146. The summed E-state index contributed by atoms with van der Waals surface area (Å²) < 4.78 is 0. The second-order valence-electron chi connectivity index (χ2n) is 5.59. The Labute approximate surface area is 103 Å². The lowest BCUT2D eigenvalue weighted by Gasteiger charge is -2.38. The fourth-order valence-corrected chi connectivity index (χ4v) is 3.05. The third kappa shape index (κ3) is 2.69. The van der Waals surface area contributed by atoms with Crippen LogP contribution in [0.15, 0.2) is 12.3 Å². The predicted molar refractivity (Wildman–Crippen MR) is 67.5 cm³/mol. The first-order valence-electron chi connectivity index (χ1n) is 6.50. The Hall–Kier alpha value is -0.870. The van der Waals surface area contributed by atoms with E-state index in [2.05, 4.69) is 28.9 Å². The number of aromatic amines is 1. The molecule has 17 heavy (non-hydrogen) atoms. The van der Waals surface area contributed by atoms with Crippen LogP contribution < -0.4 is 0 Å². The van der Waals surface area contributed by atoms with Crippen molar-refractivity contribution >= 4 is 0 Å².